The van der Waals surface area contributed by atoms with Gasteiger partial charge in [0.05, 0.1) is 5.69 Å². The minimum atomic E-state index is -0.298. The Morgan fingerprint density at radius 1 is 1.33 bits per heavy atom. The summed E-state index contributed by atoms with van der Waals surface area (Å²) in [5.41, 5.74) is 0.406. The van der Waals surface area contributed by atoms with Crippen molar-refractivity contribution in [3.05, 3.63) is 29.0 Å². The molecule has 4 heteroatoms. The Morgan fingerprint density at radius 3 is 2.93 bits per heavy atom. The van der Waals surface area contributed by atoms with Crippen LogP contribution in [0.5, 0.6) is 0 Å². The molecule has 0 unspecified atom stereocenters. The Balaban J connectivity index is 2.15. The van der Waals surface area contributed by atoms with Crippen molar-refractivity contribution in [1.29, 1.82) is 0 Å². The number of nitrogens with one attached hydrogen (secondary N) is 1. The van der Waals surface area contributed by atoms with E-state index in [1.165, 1.54) is 12.1 Å². The lowest BCUT2D eigenvalue weighted by Crippen LogP contribution is -2.16. The molecular weight excluding hydrogens is 215 g/mol. The average molecular weight is 227 g/mol. The standard InChI is InChI=1S/C11H12ClFN2/c12-8-4-5-9(13)10(7-8)15-11-3-1-2-6-14-11/h4-5,7H,1-3,6H2,(H,14,15). The van der Waals surface area contributed by atoms with Gasteiger partial charge in [-0.25, -0.2) is 4.39 Å². The van der Waals surface area contributed by atoms with Crippen molar-refractivity contribution in [1.82, 2.24) is 0 Å². The van der Waals surface area contributed by atoms with Crippen LogP contribution in [0.3, 0.4) is 0 Å². The van der Waals surface area contributed by atoms with E-state index in [0.717, 1.165) is 31.6 Å². The van der Waals surface area contributed by atoms with Crippen molar-refractivity contribution in [3.8, 4) is 0 Å². The fraction of sp³-hybridized carbons (Fsp3) is 0.364. The molecule has 0 spiro atoms. The Hall–Kier alpha value is -1.09. The molecule has 80 valence electrons. The highest BCUT2D eigenvalue weighted by Gasteiger charge is 2.08. The second-order valence-electron chi connectivity index (χ2n) is 3.53. The first kappa shape index (κ1) is 10.4. The summed E-state index contributed by atoms with van der Waals surface area (Å²) in [6, 6.07) is 4.47. The van der Waals surface area contributed by atoms with Crippen molar-refractivity contribution < 1.29 is 4.39 Å². The Kier molecular flexibility index (Phi) is 3.21. The number of hydrogen-bond acceptors (Lipinski definition) is 2. The largest absolute Gasteiger partial charge is 0.342 e. The molecule has 0 fully saturated rings. The first-order valence-corrected chi connectivity index (χ1v) is 5.39. The van der Waals surface area contributed by atoms with Gasteiger partial charge in [-0.15, -0.1) is 0 Å². The van der Waals surface area contributed by atoms with Crippen molar-refractivity contribution in [3.63, 3.8) is 0 Å². The van der Waals surface area contributed by atoms with Gasteiger partial charge >= 0.3 is 0 Å². The molecule has 1 aromatic rings. The monoisotopic (exact) mass is 226 g/mol. The summed E-state index contributed by atoms with van der Waals surface area (Å²) < 4.78 is 13.3. The maximum Gasteiger partial charge on any atom is 0.146 e. The predicted octanol–water partition coefficient (Wildman–Crippen LogP) is 3.47. The molecule has 1 heterocycles. The predicted molar refractivity (Wildman–Crippen MR) is 61.2 cm³/mol. The molecule has 0 atom stereocenters. The van der Waals surface area contributed by atoms with E-state index in [1.807, 2.05) is 0 Å². The fourth-order valence-electron chi connectivity index (χ4n) is 1.55. The van der Waals surface area contributed by atoms with Gasteiger partial charge in [-0.2, -0.15) is 0 Å². The zero-order chi connectivity index (χ0) is 10.7. The molecule has 0 bridgehead atoms. The summed E-state index contributed by atoms with van der Waals surface area (Å²) in [5, 5.41) is 3.50. The fourth-order valence-corrected chi connectivity index (χ4v) is 1.72. The maximum absolute atomic E-state index is 13.3. The summed E-state index contributed by atoms with van der Waals surface area (Å²) in [5.74, 6) is 0.551. The van der Waals surface area contributed by atoms with Gasteiger partial charge in [-0.1, -0.05) is 11.6 Å². The first-order valence-electron chi connectivity index (χ1n) is 5.01. The van der Waals surface area contributed by atoms with E-state index < -0.39 is 0 Å². The van der Waals surface area contributed by atoms with Crippen LogP contribution in [-0.2, 0) is 0 Å². The molecule has 0 saturated carbocycles. The van der Waals surface area contributed by atoms with Gasteiger partial charge < -0.3 is 5.32 Å². The maximum atomic E-state index is 13.3. The molecule has 1 aromatic carbocycles. The first-order chi connectivity index (χ1) is 7.25. The van der Waals surface area contributed by atoms with Crippen LogP contribution in [0.15, 0.2) is 23.2 Å². The summed E-state index contributed by atoms with van der Waals surface area (Å²) in [4.78, 5) is 4.29. The van der Waals surface area contributed by atoms with E-state index in [4.69, 9.17) is 11.6 Å². The second-order valence-corrected chi connectivity index (χ2v) is 3.97. The van der Waals surface area contributed by atoms with Gasteiger partial charge in [0, 0.05) is 18.0 Å². The zero-order valence-corrected chi connectivity index (χ0v) is 9.02. The molecule has 0 saturated heterocycles. The molecular formula is C11H12ClFN2. The van der Waals surface area contributed by atoms with Crippen LogP contribution in [0.2, 0.25) is 5.02 Å². The van der Waals surface area contributed by atoms with Gasteiger partial charge in [0.2, 0.25) is 0 Å². The number of aliphatic imine (C=N–C) groups is 1. The lowest BCUT2D eigenvalue weighted by Gasteiger charge is -2.14. The third-order valence-corrected chi connectivity index (χ3v) is 2.57. The van der Waals surface area contributed by atoms with Crippen molar-refractivity contribution in [2.24, 2.45) is 4.99 Å². The molecule has 0 aliphatic carbocycles. The normalized spacial score (nSPS) is 16.0. The van der Waals surface area contributed by atoms with Crippen LogP contribution in [0.1, 0.15) is 19.3 Å². The van der Waals surface area contributed by atoms with Crippen LogP contribution in [0, 0.1) is 5.82 Å². The van der Waals surface area contributed by atoms with Crippen LogP contribution >= 0.6 is 11.6 Å². The minimum Gasteiger partial charge on any atom is -0.342 e. The van der Waals surface area contributed by atoms with Crippen LogP contribution < -0.4 is 5.32 Å². The van der Waals surface area contributed by atoms with Crippen LogP contribution in [-0.4, -0.2) is 12.4 Å². The zero-order valence-electron chi connectivity index (χ0n) is 8.26. The molecule has 1 aliphatic heterocycles. The molecule has 15 heavy (non-hydrogen) atoms. The Labute approximate surface area is 93.2 Å². The molecule has 1 N–H and O–H groups in total. The van der Waals surface area contributed by atoms with Gasteiger partial charge in [0.1, 0.15) is 11.7 Å². The third kappa shape index (κ3) is 2.69. The summed E-state index contributed by atoms with van der Waals surface area (Å²) in [6.45, 7) is 0.824. The highest BCUT2D eigenvalue weighted by Crippen LogP contribution is 2.20. The number of rotatable bonds is 1. The van der Waals surface area contributed by atoms with E-state index in [2.05, 4.69) is 10.3 Å². The van der Waals surface area contributed by atoms with E-state index in [1.54, 1.807) is 6.07 Å². The van der Waals surface area contributed by atoms with Gasteiger partial charge in [0.15, 0.2) is 0 Å². The average Bonchev–Trinajstić information content (AvgIpc) is 2.25. The highest BCUT2D eigenvalue weighted by atomic mass is 35.5. The number of halogens is 2. The Morgan fingerprint density at radius 2 is 2.20 bits per heavy atom. The Bertz CT molecular complexity index is 390. The van der Waals surface area contributed by atoms with Crippen molar-refractivity contribution in [2.75, 3.05) is 11.9 Å². The second kappa shape index (κ2) is 4.62. The van der Waals surface area contributed by atoms with E-state index >= 15 is 0 Å². The van der Waals surface area contributed by atoms with Crippen LogP contribution in [0.4, 0.5) is 10.1 Å². The summed E-state index contributed by atoms with van der Waals surface area (Å²) in [7, 11) is 0. The smallest absolute Gasteiger partial charge is 0.146 e. The van der Waals surface area contributed by atoms with E-state index in [0.29, 0.717) is 10.7 Å². The molecule has 0 aromatic heterocycles. The quantitative estimate of drug-likeness (QED) is 0.779. The molecule has 2 rings (SSSR count). The summed E-state index contributed by atoms with van der Waals surface area (Å²) >= 11 is 5.79. The lowest BCUT2D eigenvalue weighted by atomic mass is 10.2. The number of hydrogen-bond donors (Lipinski definition) is 1. The number of nitrogens with zero attached hydrogens (tertiary/aromatic N) is 1. The third-order valence-electron chi connectivity index (χ3n) is 2.33. The lowest BCUT2D eigenvalue weighted by molar-refractivity contribution is 0.631. The number of anilines is 1. The molecule has 2 nitrogen and oxygen atoms in total. The number of benzene rings is 1. The van der Waals surface area contributed by atoms with Crippen LogP contribution in [0.25, 0.3) is 0 Å². The van der Waals surface area contributed by atoms with Gasteiger partial charge in [-0.05, 0) is 31.0 Å². The highest BCUT2D eigenvalue weighted by molar-refractivity contribution is 6.30. The minimum absolute atomic E-state index is 0.298. The van der Waals surface area contributed by atoms with Crippen molar-refractivity contribution in [2.45, 2.75) is 19.3 Å². The summed E-state index contributed by atoms with van der Waals surface area (Å²) in [6.07, 6.45) is 3.10. The van der Waals surface area contributed by atoms with Gasteiger partial charge in [-0.3, -0.25) is 4.99 Å². The number of amidine groups is 1. The molecule has 0 amide bonds. The van der Waals surface area contributed by atoms with Gasteiger partial charge in [0.25, 0.3) is 0 Å². The molecule has 0 radical (unpaired) electrons. The van der Waals surface area contributed by atoms with E-state index in [-0.39, 0.29) is 5.82 Å². The SMILES string of the molecule is Fc1ccc(Cl)cc1NC1=NCCCC1. The molecule has 1 aliphatic rings. The van der Waals surface area contributed by atoms with E-state index in [9.17, 15) is 4.39 Å². The van der Waals surface area contributed by atoms with Crippen molar-refractivity contribution >= 4 is 23.1 Å². The topological polar surface area (TPSA) is 24.4 Å².